The number of H-pyrrole nitrogens is 1. The van der Waals surface area contributed by atoms with Crippen LogP contribution in [-0.4, -0.2) is 27.6 Å². The van der Waals surface area contributed by atoms with Gasteiger partial charge in [0.25, 0.3) is 5.91 Å². The number of fused-ring (bicyclic) bond motifs is 1. The number of hydrogen-bond acceptors (Lipinski definition) is 4. The van der Waals surface area contributed by atoms with Crippen molar-refractivity contribution >= 4 is 18.3 Å². The molecule has 0 bridgehead atoms. The van der Waals surface area contributed by atoms with Crippen molar-refractivity contribution in [3.05, 3.63) is 47.0 Å². The number of hydrogen-bond donors (Lipinski definition) is 3. The van der Waals surface area contributed by atoms with Gasteiger partial charge in [-0.1, -0.05) is 6.07 Å². The van der Waals surface area contributed by atoms with Crippen LogP contribution in [0.2, 0.25) is 0 Å². The Bertz CT molecular complexity index is 584. The molecule has 0 spiro atoms. The molecule has 0 unspecified atom stereocenters. The minimum absolute atomic E-state index is 0. The molecular formula is C13H16ClN5O. The summed E-state index contributed by atoms with van der Waals surface area (Å²) in [7, 11) is 0. The quantitative estimate of drug-likeness (QED) is 0.782. The van der Waals surface area contributed by atoms with E-state index in [9.17, 15) is 4.79 Å². The van der Waals surface area contributed by atoms with Crippen molar-refractivity contribution in [1.82, 2.24) is 25.8 Å². The van der Waals surface area contributed by atoms with Gasteiger partial charge in [-0.3, -0.25) is 14.9 Å². The lowest BCUT2D eigenvalue weighted by Crippen LogP contribution is -2.28. The molecule has 106 valence electrons. The van der Waals surface area contributed by atoms with Gasteiger partial charge in [0.15, 0.2) is 5.69 Å². The van der Waals surface area contributed by atoms with Gasteiger partial charge in [-0.05, 0) is 11.6 Å². The third-order valence-electron chi connectivity index (χ3n) is 3.20. The zero-order chi connectivity index (χ0) is 13.1. The molecule has 7 heteroatoms. The average Bonchev–Trinajstić information content (AvgIpc) is 2.90. The minimum atomic E-state index is -0.148. The topological polar surface area (TPSA) is 82.7 Å². The van der Waals surface area contributed by atoms with E-state index < -0.39 is 0 Å². The average molecular weight is 294 g/mol. The first-order chi connectivity index (χ1) is 9.34. The summed E-state index contributed by atoms with van der Waals surface area (Å²) >= 11 is 0. The van der Waals surface area contributed by atoms with Crippen LogP contribution in [0, 0.1) is 0 Å². The SMILES string of the molecule is Cl.O=C(NCc1cccnc1)c1n[nH]c2c1CNCC2. The van der Waals surface area contributed by atoms with Crippen LogP contribution in [-0.2, 0) is 19.5 Å². The Hall–Kier alpha value is -1.92. The molecule has 0 atom stereocenters. The second kappa shape index (κ2) is 6.49. The van der Waals surface area contributed by atoms with Crippen LogP contribution in [0.5, 0.6) is 0 Å². The van der Waals surface area contributed by atoms with Crippen molar-refractivity contribution in [3.8, 4) is 0 Å². The monoisotopic (exact) mass is 293 g/mol. The van der Waals surface area contributed by atoms with E-state index in [1.165, 1.54) is 0 Å². The number of aromatic amines is 1. The molecule has 0 radical (unpaired) electrons. The summed E-state index contributed by atoms with van der Waals surface area (Å²) in [5.41, 5.74) is 3.50. The number of aromatic nitrogens is 3. The lowest BCUT2D eigenvalue weighted by atomic mass is 10.1. The van der Waals surface area contributed by atoms with Crippen LogP contribution in [0.1, 0.15) is 27.3 Å². The highest BCUT2D eigenvalue weighted by Crippen LogP contribution is 2.15. The van der Waals surface area contributed by atoms with E-state index in [2.05, 4.69) is 25.8 Å². The lowest BCUT2D eigenvalue weighted by Gasteiger charge is -2.12. The number of amides is 1. The highest BCUT2D eigenvalue weighted by atomic mass is 35.5. The summed E-state index contributed by atoms with van der Waals surface area (Å²) in [4.78, 5) is 16.1. The summed E-state index contributed by atoms with van der Waals surface area (Å²) in [5.74, 6) is -0.148. The zero-order valence-electron chi connectivity index (χ0n) is 10.8. The molecule has 2 aromatic heterocycles. The molecule has 20 heavy (non-hydrogen) atoms. The van der Waals surface area contributed by atoms with Crippen LogP contribution in [0.15, 0.2) is 24.5 Å². The fourth-order valence-corrected chi connectivity index (χ4v) is 2.18. The fourth-order valence-electron chi connectivity index (χ4n) is 2.18. The predicted molar refractivity (Wildman–Crippen MR) is 76.7 cm³/mol. The molecule has 0 aliphatic carbocycles. The summed E-state index contributed by atoms with van der Waals surface area (Å²) in [6, 6.07) is 3.77. The third kappa shape index (κ3) is 2.97. The van der Waals surface area contributed by atoms with E-state index >= 15 is 0 Å². The van der Waals surface area contributed by atoms with E-state index in [-0.39, 0.29) is 18.3 Å². The Morgan fingerprint density at radius 3 is 3.15 bits per heavy atom. The third-order valence-corrected chi connectivity index (χ3v) is 3.20. The van der Waals surface area contributed by atoms with Crippen molar-refractivity contribution in [1.29, 1.82) is 0 Å². The molecule has 6 nitrogen and oxygen atoms in total. The van der Waals surface area contributed by atoms with Crippen LogP contribution < -0.4 is 10.6 Å². The van der Waals surface area contributed by atoms with Gasteiger partial charge in [-0.15, -0.1) is 12.4 Å². The first-order valence-electron chi connectivity index (χ1n) is 6.28. The zero-order valence-corrected chi connectivity index (χ0v) is 11.7. The second-order valence-electron chi connectivity index (χ2n) is 4.50. The second-order valence-corrected chi connectivity index (χ2v) is 4.50. The van der Waals surface area contributed by atoms with E-state index in [1.807, 2.05) is 12.1 Å². The molecule has 0 fully saturated rings. The van der Waals surface area contributed by atoms with Gasteiger partial charge in [0.1, 0.15) is 0 Å². The molecule has 0 saturated heterocycles. The molecule has 2 aromatic rings. The van der Waals surface area contributed by atoms with Crippen LogP contribution in [0.3, 0.4) is 0 Å². The molecule has 0 aromatic carbocycles. The van der Waals surface area contributed by atoms with Crippen molar-refractivity contribution in [2.75, 3.05) is 6.54 Å². The number of pyridine rings is 1. The predicted octanol–water partition coefficient (Wildman–Crippen LogP) is 0.802. The minimum Gasteiger partial charge on any atom is -0.346 e. The number of nitrogens with one attached hydrogen (secondary N) is 3. The first-order valence-corrected chi connectivity index (χ1v) is 6.28. The van der Waals surface area contributed by atoms with E-state index in [4.69, 9.17) is 0 Å². The maximum absolute atomic E-state index is 12.1. The Morgan fingerprint density at radius 2 is 2.35 bits per heavy atom. The summed E-state index contributed by atoms with van der Waals surface area (Å²) < 4.78 is 0. The van der Waals surface area contributed by atoms with Crippen molar-refractivity contribution in [2.24, 2.45) is 0 Å². The molecule has 3 heterocycles. The molecule has 0 saturated carbocycles. The molecule has 1 aliphatic heterocycles. The molecule has 3 rings (SSSR count). The number of halogens is 1. The maximum Gasteiger partial charge on any atom is 0.272 e. The normalized spacial score (nSPS) is 13.2. The highest BCUT2D eigenvalue weighted by molar-refractivity contribution is 5.93. The van der Waals surface area contributed by atoms with Crippen molar-refractivity contribution < 1.29 is 4.79 Å². The molecular weight excluding hydrogens is 278 g/mol. The van der Waals surface area contributed by atoms with E-state index in [0.29, 0.717) is 18.8 Å². The van der Waals surface area contributed by atoms with Gasteiger partial charge in [0.2, 0.25) is 0 Å². The van der Waals surface area contributed by atoms with Gasteiger partial charge in [0.05, 0.1) is 0 Å². The summed E-state index contributed by atoms with van der Waals surface area (Å²) in [5, 5.41) is 13.2. The molecule has 1 amide bonds. The number of rotatable bonds is 3. The Balaban J connectivity index is 0.00000147. The Morgan fingerprint density at radius 1 is 1.45 bits per heavy atom. The number of carbonyl (C=O) groups is 1. The lowest BCUT2D eigenvalue weighted by molar-refractivity contribution is 0.0944. The highest BCUT2D eigenvalue weighted by Gasteiger charge is 2.21. The van der Waals surface area contributed by atoms with Gasteiger partial charge in [0, 0.05) is 49.7 Å². The van der Waals surface area contributed by atoms with Gasteiger partial charge >= 0.3 is 0 Å². The standard InChI is InChI=1S/C13H15N5O.ClH/c19-13(16-7-9-2-1-4-14-6-9)12-10-8-15-5-3-11(10)17-18-12;/h1-2,4,6,15H,3,5,7-8H2,(H,16,19)(H,17,18);1H. The Kier molecular flexibility index (Phi) is 4.70. The summed E-state index contributed by atoms with van der Waals surface area (Å²) in [6.45, 7) is 2.08. The fraction of sp³-hybridized carbons (Fsp3) is 0.308. The van der Waals surface area contributed by atoms with Crippen LogP contribution in [0.25, 0.3) is 0 Å². The maximum atomic E-state index is 12.1. The van der Waals surface area contributed by atoms with E-state index in [0.717, 1.165) is 29.8 Å². The van der Waals surface area contributed by atoms with Crippen LogP contribution >= 0.6 is 12.4 Å². The molecule has 1 aliphatic rings. The number of nitrogens with zero attached hydrogens (tertiary/aromatic N) is 2. The number of carbonyl (C=O) groups excluding carboxylic acids is 1. The van der Waals surface area contributed by atoms with Gasteiger partial charge in [-0.2, -0.15) is 5.10 Å². The first kappa shape index (κ1) is 14.5. The molecule has 3 N–H and O–H groups in total. The van der Waals surface area contributed by atoms with Crippen molar-refractivity contribution in [2.45, 2.75) is 19.5 Å². The summed E-state index contributed by atoms with van der Waals surface area (Å²) in [6.07, 6.45) is 4.33. The van der Waals surface area contributed by atoms with E-state index in [1.54, 1.807) is 12.4 Å². The van der Waals surface area contributed by atoms with Gasteiger partial charge < -0.3 is 10.6 Å². The Labute approximate surface area is 122 Å². The van der Waals surface area contributed by atoms with Gasteiger partial charge in [-0.25, -0.2) is 0 Å². The van der Waals surface area contributed by atoms with Crippen molar-refractivity contribution in [3.63, 3.8) is 0 Å². The smallest absolute Gasteiger partial charge is 0.272 e. The largest absolute Gasteiger partial charge is 0.346 e. The van der Waals surface area contributed by atoms with Crippen LogP contribution in [0.4, 0.5) is 0 Å².